The van der Waals surface area contributed by atoms with E-state index in [1.807, 2.05) is 0 Å². The molecule has 0 aliphatic heterocycles. The summed E-state index contributed by atoms with van der Waals surface area (Å²) < 4.78 is 4.49. The van der Waals surface area contributed by atoms with Crippen LogP contribution < -0.4 is 0 Å². The highest BCUT2D eigenvalue weighted by atomic mass is 35.5. The van der Waals surface area contributed by atoms with Gasteiger partial charge in [0, 0.05) is 10.0 Å². The van der Waals surface area contributed by atoms with Crippen molar-refractivity contribution in [2.75, 3.05) is 7.11 Å². The number of benzene rings is 1. The number of carbonyl (C=O) groups excluding carboxylic acids is 1. The summed E-state index contributed by atoms with van der Waals surface area (Å²) in [5.74, 6) is -0.545. The fraction of sp³-hybridized carbons (Fsp3) is 0.222. The maximum absolute atomic E-state index is 11.1. The summed E-state index contributed by atoms with van der Waals surface area (Å²) in [6.45, 7) is 0. The zero-order valence-corrected chi connectivity index (χ0v) is 9.53. The molecule has 0 aliphatic carbocycles. The molecule has 14 heavy (non-hydrogen) atoms. The second-order valence-electron chi connectivity index (χ2n) is 2.55. The largest absolute Gasteiger partial charge is 0.468 e. The van der Waals surface area contributed by atoms with E-state index < -0.39 is 11.3 Å². The summed E-state index contributed by atoms with van der Waals surface area (Å²) in [4.78, 5) is 11.1. The van der Waals surface area contributed by atoms with E-state index in [-0.39, 0.29) is 0 Å². The second kappa shape index (κ2) is 4.87. The smallest absolute Gasteiger partial charge is 0.328 e. The minimum Gasteiger partial charge on any atom is -0.468 e. The number of methoxy groups -OCH3 is 1. The second-order valence-corrected chi connectivity index (χ2v) is 3.83. The molecule has 1 rings (SSSR count). The Morgan fingerprint density at radius 3 is 2.57 bits per heavy atom. The van der Waals surface area contributed by atoms with Crippen LogP contribution in [0.4, 0.5) is 0 Å². The number of ether oxygens (including phenoxy) is 1. The topological polar surface area (TPSA) is 26.3 Å². The monoisotopic (exact) mass is 252 g/mol. The lowest BCUT2D eigenvalue weighted by Crippen LogP contribution is -2.08. The number of esters is 1. The van der Waals surface area contributed by atoms with E-state index in [1.165, 1.54) is 13.2 Å². The molecule has 5 heteroatoms. The van der Waals surface area contributed by atoms with Gasteiger partial charge in [-0.2, -0.15) is 0 Å². The van der Waals surface area contributed by atoms with Crippen molar-refractivity contribution >= 4 is 40.8 Å². The van der Waals surface area contributed by atoms with Gasteiger partial charge < -0.3 is 4.74 Å². The van der Waals surface area contributed by atoms with Gasteiger partial charge in [0.25, 0.3) is 0 Å². The van der Waals surface area contributed by atoms with Crippen LogP contribution in [0.5, 0.6) is 0 Å². The van der Waals surface area contributed by atoms with Gasteiger partial charge in [-0.3, -0.25) is 4.79 Å². The summed E-state index contributed by atoms with van der Waals surface area (Å²) in [5, 5.41) is -0.0554. The fourth-order valence-electron chi connectivity index (χ4n) is 0.937. The minimum atomic E-state index is -0.898. The lowest BCUT2D eigenvalue weighted by Gasteiger charge is -2.09. The van der Waals surface area contributed by atoms with E-state index in [0.717, 1.165) is 0 Å². The molecule has 76 valence electrons. The Morgan fingerprint density at radius 1 is 1.43 bits per heavy atom. The lowest BCUT2D eigenvalue weighted by molar-refractivity contribution is -0.140. The summed E-state index contributed by atoms with van der Waals surface area (Å²) in [6.07, 6.45) is 0. The third-order valence-corrected chi connectivity index (χ3v) is 2.62. The zero-order valence-electron chi connectivity index (χ0n) is 7.26. The summed E-state index contributed by atoms with van der Waals surface area (Å²) in [5.41, 5.74) is 0.490. The first-order valence-electron chi connectivity index (χ1n) is 3.73. The van der Waals surface area contributed by atoms with Gasteiger partial charge in [0.2, 0.25) is 0 Å². The van der Waals surface area contributed by atoms with Crippen LogP contribution in [0, 0.1) is 0 Å². The maximum atomic E-state index is 11.1. The van der Waals surface area contributed by atoms with E-state index in [4.69, 9.17) is 34.8 Å². The van der Waals surface area contributed by atoms with Crippen LogP contribution >= 0.6 is 34.8 Å². The van der Waals surface area contributed by atoms with E-state index in [0.29, 0.717) is 15.6 Å². The first-order valence-corrected chi connectivity index (χ1v) is 4.92. The molecule has 0 heterocycles. The predicted octanol–water partition coefficient (Wildman–Crippen LogP) is 3.45. The molecule has 0 fully saturated rings. The number of hydrogen-bond acceptors (Lipinski definition) is 2. The Bertz CT molecular complexity index is 352. The molecule has 1 aromatic rings. The van der Waals surface area contributed by atoms with Gasteiger partial charge in [-0.1, -0.05) is 29.3 Å². The normalized spacial score (nSPS) is 12.3. The molecule has 0 spiro atoms. The lowest BCUT2D eigenvalue weighted by atomic mass is 10.1. The number of carbonyl (C=O) groups is 1. The van der Waals surface area contributed by atoms with Crippen LogP contribution in [0.1, 0.15) is 10.9 Å². The standard InChI is InChI=1S/C9H7Cl3O2/c1-14-9(13)8(12)6-3-2-5(10)4-7(6)11/h2-4,8H,1H3/t8-/m0/s1. The van der Waals surface area contributed by atoms with Crippen LogP contribution in [-0.4, -0.2) is 13.1 Å². The Morgan fingerprint density at radius 2 is 2.07 bits per heavy atom. The quantitative estimate of drug-likeness (QED) is 0.596. The number of rotatable bonds is 2. The van der Waals surface area contributed by atoms with Crippen LogP contribution in [0.15, 0.2) is 18.2 Å². The Hall–Kier alpha value is -0.440. The molecule has 0 radical (unpaired) electrons. The van der Waals surface area contributed by atoms with Crippen molar-refractivity contribution in [3.8, 4) is 0 Å². The van der Waals surface area contributed by atoms with E-state index in [2.05, 4.69) is 4.74 Å². The van der Waals surface area contributed by atoms with Gasteiger partial charge >= 0.3 is 5.97 Å². The number of alkyl halides is 1. The average Bonchev–Trinajstić information content (AvgIpc) is 2.15. The van der Waals surface area contributed by atoms with Gasteiger partial charge in [-0.25, -0.2) is 0 Å². The molecule has 0 aromatic heterocycles. The highest BCUT2D eigenvalue weighted by Crippen LogP contribution is 2.30. The molecule has 0 amide bonds. The van der Waals surface area contributed by atoms with Crippen LogP contribution in [-0.2, 0) is 9.53 Å². The van der Waals surface area contributed by atoms with Crippen LogP contribution in [0.25, 0.3) is 0 Å². The molecular formula is C9H7Cl3O2. The van der Waals surface area contributed by atoms with Crippen molar-refractivity contribution in [1.82, 2.24) is 0 Å². The molecule has 0 bridgehead atoms. The highest BCUT2D eigenvalue weighted by Gasteiger charge is 2.20. The van der Waals surface area contributed by atoms with Crippen molar-refractivity contribution in [3.05, 3.63) is 33.8 Å². The molecule has 1 aromatic carbocycles. The fourth-order valence-corrected chi connectivity index (χ4v) is 1.79. The van der Waals surface area contributed by atoms with Gasteiger partial charge in [0.05, 0.1) is 7.11 Å². The molecule has 0 aliphatic rings. The van der Waals surface area contributed by atoms with Crippen LogP contribution in [0.3, 0.4) is 0 Å². The molecule has 0 N–H and O–H groups in total. The predicted molar refractivity (Wildman–Crippen MR) is 57.1 cm³/mol. The summed E-state index contributed by atoms with van der Waals surface area (Å²) in [7, 11) is 1.27. The van der Waals surface area contributed by atoms with Crippen molar-refractivity contribution in [1.29, 1.82) is 0 Å². The van der Waals surface area contributed by atoms with Crippen LogP contribution in [0.2, 0.25) is 10.0 Å². The van der Waals surface area contributed by atoms with Crippen molar-refractivity contribution in [2.45, 2.75) is 5.38 Å². The van der Waals surface area contributed by atoms with Gasteiger partial charge in [0.1, 0.15) is 0 Å². The van der Waals surface area contributed by atoms with Crippen molar-refractivity contribution in [2.24, 2.45) is 0 Å². The third-order valence-electron chi connectivity index (χ3n) is 1.64. The Labute approximate surface area is 96.7 Å². The molecule has 1 atom stereocenters. The average molecular weight is 254 g/mol. The summed E-state index contributed by atoms with van der Waals surface area (Å²) in [6, 6.07) is 4.73. The Balaban J connectivity index is 3.01. The van der Waals surface area contributed by atoms with Gasteiger partial charge in [-0.05, 0) is 17.7 Å². The van der Waals surface area contributed by atoms with Gasteiger partial charge in [0.15, 0.2) is 5.38 Å². The molecule has 0 saturated carbocycles. The number of hydrogen-bond donors (Lipinski definition) is 0. The van der Waals surface area contributed by atoms with E-state index in [9.17, 15) is 4.79 Å². The maximum Gasteiger partial charge on any atom is 0.328 e. The van der Waals surface area contributed by atoms with Gasteiger partial charge in [-0.15, -0.1) is 11.6 Å². The molecule has 0 saturated heterocycles. The minimum absolute atomic E-state index is 0.350. The SMILES string of the molecule is COC(=O)[C@@H](Cl)c1ccc(Cl)cc1Cl. The number of halogens is 3. The van der Waals surface area contributed by atoms with E-state index in [1.54, 1.807) is 12.1 Å². The van der Waals surface area contributed by atoms with Crippen molar-refractivity contribution in [3.63, 3.8) is 0 Å². The van der Waals surface area contributed by atoms with E-state index >= 15 is 0 Å². The Kier molecular flexibility index (Phi) is 4.05. The highest BCUT2D eigenvalue weighted by molar-refractivity contribution is 6.37. The summed E-state index contributed by atoms with van der Waals surface area (Å²) >= 11 is 17.4. The molecule has 2 nitrogen and oxygen atoms in total. The first-order chi connectivity index (χ1) is 6.56. The third kappa shape index (κ3) is 2.53. The zero-order chi connectivity index (χ0) is 10.7. The van der Waals surface area contributed by atoms with Crippen molar-refractivity contribution < 1.29 is 9.53 Å². The molecular weight excluding hydrogens is 246 g/mol. The first kappa shape index (κ1) is 11.6. The molecule has 0 unspecified atom stereocenters.